The number of benzene rings is 1. The van der Waals surface area contributed by atoms with Crippen molar-refractivity contribution in [2.75, 3.05) is 26.2 Å². The molecule has 5 amide bonds. The summed E-state index contributed by atoms with van der Waals surface area (Å²) < 4.78 is 60.9. The second kappa shape index (κ2) is 16.9. The van der Waals surface area contributed by atoms with Gasteiger partial charge in [0.1, 0.15) is 6.04 Å². The molecule has 1 unspecified atom stereocenters. The highest BCUT2D eigenvalue weighted by Gasteiger charge is 2.38. The van der Waals surface area contributed by atoms with Crippen LogP contribution in [0, 0.1) is 0 Å². The van der Waals surface area contributed by atoms with Gasteiger partial charge >= 0.3 is 18.5 Å². The van der Waals surface area contributed by atoms with E-state index in [0.717, 1.165) is 0 Å². The first-order valence-corrected chi connectivity index (χ1v) is 11.7. The van der Waals surface area contributed by atoms with Crippen molar-refractivity contribution in [1.82, 2.24) is 26.6 Å². The van der Waals surface area contributed by atoms with Gasteiger partial charge in [-0.25, -0.2) is 0 Å². The van der Waals surface area contributed by atoms with E-state index in [-0.39, 0.29) is 51.7 Å². The molecule has 15 heteroatoms. The number of hydrogen-bond donors (Lipinski definition) is 5. The van der Waals surface area contributed by atoms with Crippen LogP contribution in [0.5, 0.6) is 0 Å². The maximum atomic E-state index is 12.6. The van der Waals surface area contributed by atoms with E-state index in [2.05, 4.69) is 16.0 Å². The summed E-state index contributed by atoms with van der Waals surface area (Å²) in [4.78, 5) is 58.7. The Morgan fingerprint density at radius 2 is 1.29 bits per heavy atom. The van der Waals surface area contributed by atoms with Gasteiger partial charge in [-0.2, -0.15) is 22.0 Å². The van der Waals surface area contributed by atoms with Crippen LogP contribution in [0.15, 0.2) is 30.3 Å². The summed E-state index contributed by atoms with van der Waals surface area (Å²) in [6, 6.07) is 7.03. The van der Waals surface area contributed by atoms with Crippen LogP contribution in [0.3, 0.4) is 0 Å². The highest BCUT2D eigenvalue weighted by atomic mass is 19.4. The Kier molecular flexibility index (Phi) is 14.3. The van der Waals surface area contributed by atoms with Gasteiger partial charge < -0.3 is 26.6 Å². The minimum absolute atomic E-state index is 0.0439. The number of hydrogen-bond acceptors (Lipinski definition) is 5. The Balaban J connectivity index is 2.52. The number of rotatable bonds is 16. The molecule has 1 aromatic carbocycles. The SMILES string of the molecule is O=C(CNC(=O)c1ccccc1)NC(CCCCNC(=O)C(F)F)C(=O)NCCCCNC(=O)C(F)(F)F. The smallest absolute Gasteiger partial charge is 0.354 e. The van der Waals surface area contributed by atoms with E-state index >= 15 is 0 Å². The number of nitrogens with one attached hydrogen (secondary N) is 5. The third kappa shape index (κ3) is 13.5. The Bertz CT molecular complexity index is 931. The fraction of sp³-hybridized carbons (Fsp3) is 0.522. The molecule has 0 fully saturated rings. The van der Waals surface area contributed by atoms with Crippen molar-refractivity contribution in [2.24, 2.45) is 0 Å². The van der Waals surface area contributed by atoms with E-state index in [1.807, 2.05) is 5.32 Å². The van der Waals surface area contributed by atoms with Crippen molar-refractivity contribution in [3.63, 3.8) is 0 Å². The zero-order chi connectivity index (χ0) is 28.6. The zero-order valence-corrected chi connectivity index (χ0v) is 20.3. The summed E-state index contributed by atoms with van der Waals surface area (Å²) in [6.07, 6.45) is -7.17. The van der Waals surface area contributed by atoms with Crippen molar-refractivity contribution in [3.8, 4) is 0 Å². The molecule has 0 saturated carbocycles. The van der Waals surface area contributed by atoms with E-state index in [1.54, 1.807) is 35.6 Å². The lowest BCUT2D eigenvalue weighted by Crippen LogP contribution is -2.49. The summed E-state index contributed by atoms with van der Waals surface area (Å²) in [6.45, 7) is -0.703. The molecule has 0 aliphatic carbocycles. The molecule has 0 aliphatic heterocycles. The van der Waals surface area contributed by atoms with Gasteiger partial charge in [-0.3, -0.25) is 24.0 Å². The molecule has 38 heavy (non-hydrogen) atoms. The van der Waals surface area contributed by atoms with Gasteiger partial charge in [0.2, 0.25) is 11.8 Å². The zero-order valence-electron chi connectivity index (χ0n) is 20.3. The second-order valence-electron chi connectivity index (χ2n) is 8.01. The van der Waals surface area contributed by atoms with Gasteiger partial charge in [0.05, 0.1) is 6.54 Å². The van der Waals surface area contributed by atoms with Crippen LogP contribution in [0.25, 0.3) is 0 Å². The summed E-state index contributed by atoms with van der Waals surface area (Å²) >= 11 is 0. The van der Waals surface area contributed by atoms with Crippen LogP contribution in [0.1, 0.15) is 42.5 Å². The Hall–Kier alpha value is -3.78. The van der Waals surface area contributed by atoms with Crippen molar-refractivity contribution < 1.29 is 45.9 Å². The van der Waals surface area contributed by atoms with Crippen LogP contribution < -0.4 is 26.6 Å². The van der Waals surface area contributed by atoms with Gasteiger partial charge in [-0.15, -0.1) is 0 Å². The summed E-state index contributed by atoms with van der Waals surface area (Å²) in [5, 5.41) is 11.1. The maximum Gasteiger partial charge on any atom is 0.471 e. The first-order valence-electron chi connectivity index (χ1n) is 11.7. The number of carbonyl (C=O) groups excluding carboxylic acids is 5. The van der Waals surface area contributed by atoms with Crippen LogP contribution in [-0.4, -0.2) is 74.4 Å². The third-order valence-corrected chi connectivity index (χ3v) is 4.96. The second-order valence-corrected chi connectivity index (χ2v) is 8.01. The lowest BCUT2D eigenvalue weighted by molar-refractivity contribution is -0.173. The van der Waals surface area contributed by atoms with Gasteiger partial charge in [0.25, 0.3) is 11.8 Å². The monoisotopic (exact) mass is 551 g/mol. The first kappa shape index (κ1) is 32.2. The summed E-state index contributed by atoms with van der Waals surface area (Å²) in [7, 11) is 0. The van der Waals surface area contributed by atoms with E-state index in [0.29, 0.717) is 5.56 Å². The fourth-order valence-corrected chi connectivity index (χ4v) is 3.02. The fourth-order valence-electron chi connectivity index (χ4n) is 3.02. The molecule has 1 rings (SSSR count). The topological polar surface area (TPSA) is 146 Å². The minimum atomic E-state index is -4.98. The Morgan fingerprint density at radius 3 is 1.87 bits per heavy atom. The van der Waals surface area contributed by atoms with Crippen LogP contribution >= 0.6 is 0 Å². The molecular weight excluding hydrogens is 521 g/mol. The van der Waals surface area contributed by atoms with Crippen LogP contribution in [-0.2, 0) is 19.2 Å². The standard InChI is InChI=1S/C23H30F5N5O5/c24-18(25)21(37)30-11-5-4-10-16(20(36)29-12-6-7-13-31-22(38)23(26,27)28)33-17(34)14-32-19(35)15-8-2-1-3-9-15/h1-3,8-9,16,18H,4-7,10-14H2,(H,29,36)(H,30,37)(H,31,38)(H,32,35)(H,33,34). The molecule has 0 spiro atoms. The third-order valence-electron chi connectivity index (χ3n) is 4.96. The van der Waals surface area contributed by atoms with Crippen molar-refractivity contribution >= 4 is 29.5 Å². The number of unbranched alkanes of at least 4 members (excludes halogenated alkanes) is 2. The molecule has 212 valence electrons. The Morgan fingerprint density at radius 1 is 0.737 bits per heavy atom. The molecular formula is C23H30F5N5O5. The molecule has 0 heterocycles. The van der Waals surface area contributed by atoms with E-state index < -0.39 is 54.7 Å². The van der Waals surface area contributed by atoms with Gasteiger partial charge in [-0.1, -0.05) is 18.2 Å². The first-order chi connectivity index (χ1) is 17.9. The van der Waals surface area contributed by atoms with Gasteiger partial charge in [0.15, 0.2) is 0 Å². The highest BCUT2D eigenvalue weighted by Crippen LogP contribution is 2.13. The van der Waals surface area contributed by atoms with Crippen LogP contribution in [0.4, 0.5) is 22.0 Å². The predicted octanol–water partition coefficient (Wildman–Crippen LogP) is 1.03. The van der Waals surface area contributed by atoms with Crippen molar-refractivity contribution in [3.05, 3.63) is 35.9 Å². The van der Waals surface area contributed by atoms with E-state index in [4.69, 9.17) is 0 Å². The van der Waals surface area contributed by atoms with Gasteiger partial charge in [0, 0.05) is 25.2 Å². The molecule has 1 atom stereocenters. The van der Waals surface area contributed by atoms with Crippen molar-refractivity contribution in [2.45, 2.75) is 50.7 Å². The minimum Gasteiger partial charge on any atom is -0.354 e. The lowest BCUT2D eigenvalue weighted by Gasteiger charge is -2.19. The average Bonchev–Trinajstić information content (AvgIpc) is 2.87. The molecule has 1 aromatic rings. The maximum absolute atomic E-state index is 12.6. The van der Waals surface area contributed by atoms with E-state index in [9.17, 15) is 45.9 Å². The number of carbonyl (C=O) groups is 5. The number of amides is 5. The quantitative estimate of drug-likeness (QED) is 0.154. The Labute approximate surface area is 215 Å². The molecule has 5 N–H and O–H groups in total. The molecule has 0 radical (unpaired) electrons. The predicted molar refractivity (Wildman–Crippen MR) is 125 cm³/mol. The largest absolute Gasteiger partial charge is 0.471 e. The summed E-state index contributed by atoms with van der Waals surface area (Å²) in [5.74, 6) is -5.27. The number of alkyl halides is 5. The van der Waals surface area contributed by atoms with Gasteiger partial charge in [-0.05, 0) is 44.2 Å². The van der Waals surface area contributed by atoms with E-state index in [1.165, 1.54) is 0 Å². The molecule has 0 aromatic heterocycles. The molecule has 0 saturated heterocycles. The van der Waals surface area contributed by atoms with Crippen LogP contribution in [0.2, 0.25) is 0 Å². The summed E-state index contributed by atoms with van der Waals surface area (Å²) in [5.41, 5.74) is 0.326. The average molecular weight is 552 g/mol. The lowest BCUT2D eigenvalue weighted by atomic mass is 10.1. The number of halogens is 5. The highest BCUT2D eigenvalue weighted by molar-refractivity contribution is 5.97. The molecule has 10 nitrogen and oxygen atoms in total. The molecule has 0 bridgehead atoms. The van der Waals surface area contributed by atoms with Crippen molar-refractivity contribution in [1.29, 1.82) is 0 Å². The normalized spacial score (nSPS) is 11.8. The molecule has 0 aliphatic rings.